The Labute approximate surface area is 107 Å². The molecule has 0 bridgehead atoms. The molecule has 98 valence electrons. The van der Waals surface area contributed by atoms with Crippen molar-refractivity contribution >= 4 is 15.8 Å². The van der Waals surface area contributed by atoms with Crippen molar-refractivity contribution in [2.75, 3.05) is 5.75 Å². The molecule has 5 heteroatoms. The Kier molecular flexibility index (Phi) is 3.43. The van der Waals surface area contributed by atoms with Crippen molar-refractivity contribution in [2.24, 2.45) is 0 Å². The summed E-state index contributed by atoms with van der Waals surface area (Å²) in [7, 11) is -3.16. The van der Waals surface area contributed by atoms with Crippen molar-refractivity contribution in [1.82, 2.24) is 0 Å². The van der Waals surface area contributed by atoms with Crippen molar-refractivity contribution in [3.8, 4) is 0 Å². The normalized spacial score (nSPS) is 18.9. The lowest BCUT2D eigenvalue weighted by molar-refractivity contribution is -0.138. The molecule has 0 amide bonds. The van der Waals surface area contributed by atoms with Crippen LogP contribution in [0.3, 0.4) is 0 Å². The second kappa shape index (κ2) is 4.72. The van der Waals surface area contributed by atoms with Gasteiger partial charge in [0.25, 0.3) is 0 Å². The van der Waals surface area contributed by atoms with E-state index in [-0.39, 0.29) is 5.75 Å². The molecule has 1 aromatic carbocycles. The van der Waals surface area contributed by atoms with Gasteiger partial charge in [0.1, 0.15) is 0 Å². The van der Waals surface area contributed by atoms with E-state index in [0.717, 1.165) is 5.56 Å². The van der Waals surface area contributed by atoms with Gasteiger partial charge in [-0.25, -0.2) is 8.42 Å². The molecule has 18 heavy (non-hydrogen) atoms. The monoisotopic (exact) mass is 268 g/mol. The minimum atomic E-state index is -3.16. The van der Waals surface area contributed by atoms with Gasteiger partial charge in [0.05, 0.1) is 16.6 Å². The van der Waals surface area contributed by atoms with Crippen molar-refractivity contribution < 1.29 is 18.3 Å². The Hall–Kier alpha value is -1.36. The Balaban J connectivity index is 2.48. The van der Waals surface area contributed by atoms with Gasteiger partial charge in [-0.3, -0.25) is 4.79 Å². The summed E-state index contributed by atoms with van der Waals surface area (Å²) in [5.74, 6) is -1.23. The number of fused-ring (bicyclic) bond motifs is 1. The average molecular weight is 268 g/mol. The number of aliphatic carboxylic acids is 1. The van der Waals surface area contributed by atoms with E-state index in [1.165, 1.54) is 0 Å². The highest BCUT2D eigenvalue weighted by atomic mass is 32.2. The lowest BCUT2D eigenvalue weighted by atomic mass is 9.94. The topological polar surface area (TPSA) is 71.4 Å². The summed E-state index contributed by atoms with van der Waals surface area (Å²) in [6.07, 6.45) is 1.82. The van der Waals surface area contributed by atoms with E-state index in [4.69, 9.17) is 5.11 Å². The zero-order chi connectivity index (χ0) is 13.3. The zero-order valence-electron chi connectivity index (χ0n) is 10.2. The van der Waals surface area contributed by atoms with Gasteiger partial charge < -0.3 is 5.11 Å². The summed E-state index contributed by atoms with van der Waals surface area (Å²) in [5, 5.41) is 9.12. The number of benzene rings is 1. The molecule has 2 rings (SSSR count). The molecular formula is C13H16O4S. The highest BCUT2D eigenvalue weighted by molar-refractivity contribution is 7.91. The van der Waals surface area contributed by atoms with Gasteiger partial charge in [-0.05, 0) is 36.5 Å². The molecule has 1 atom stereocenters. The Bertz CT molecular complexity index is 575. The van der Waals surface area contributed by atoms with E-state index < -0.39 is 21.7 Å². The SMILES string of the molecule is CCC(C(=O)O)c1ccc2c(c1)CCCS2(=O)=O. The molecule has 1 heterocycles. The van der Waals surface area contributed by atoms with Crippen LogP contribution in [0.15, 0.2) is 23.1 Å². The standard InChI is InChI=1S/C13H16O4S/c1-2-11(13(14)15)9-5-6-12-10(8-9)4-3-7-18(12,16)17/h5-6,8,11H,2-4,7H2,1H3,(H,14,15). The minimum Gasteiger partial charge on any atom is -0.481 e. The summed E-state index contributed by atoms with van der Waals surface area (Å²) in [6, 6.07) is 4.93. The lowest BCUT2D eigenvalue weighted by Gasteiger charge is -2.19. The third kappa shape index (κ3) is 2.27. The highest BCUT2D eigenvalue weighted by Gasteiger charge is 2.25. The molecule has 1 aliphatic rings. The predicted octanol–water partition coefficient (Wildman–Crippen LogP) is 1.98. The van der Waals surface area contributed by atoms with Gasteiger partial charge in [-0.1, -0.05) is 19.1 Å². The van der Waals surface area contributed by atoms with Crippen LogP contribution >= 0.6 is 0 Å². The van der Waals surface area contributed by atoms with E-state index in [9.17, 15) is 13.2 Å². The number of carboxylic acids is 1. The molecular weight excluding hydrogens is 252 g/mol. The summed E-state index contributed by atoms with van der Waals surface area (Å²) < 4.78 is 23.7. The van der Waals surface area contributed by atoms with Gasteiger partial charge in [-0.15, -0.1) is 0 Å². The second-order valence-corrected chi connectivity index (χ2v) is 6.67. The van der Waals surface area contributed by atoms with Crippen LogP contribution in [0.5, 0.6) is 0 Å². The number of sulfone groups is 1. The maximum Gasteiger partial charge on any atom is 0.310 e. The largest absolute Gasteiger partial charge is 0.481 e. The third-order valence-electron chi connectivity index (χ3n) is 3.39. The molecule has 0 fully saturated rings. The minimum absolute atomic E-state index is 0.190. The van der Waals surface area contributed by atoms with Gasteiger partial charge in [-0.2, -0.15) is 0 Å². The Morgan fingerprint density at radius 2 is 2.17 bits per heavy atom. The molecule has 1 aromatic rings. The second-order valence-electron chi connectivity index (χ2n) is 4.59. The molecule has 0 aromatic heterocycles. The van der Waals surface area contributed by atoms with Gasteiger partial charge in [0, 0.05) is 0 Å². The quantitative estimate of drug-likeness (QED) is 0.910. The Morgan fingerprint density at radius 3 is 2.78 bits per heavy atom. The molecule has 0 saturated heterocycles. The average Bonchev–Trinajstić information content (AvgIpc) is 2.28. The smallest absolute Gasteiger partial charge is 0.310 e. The van der Waals surface area contributed by atoms with Crippen LogP contribution in [0, 0.1) is 0 Å². The number of carbonyl (C=O) groups is 1. The van der Waals surface area contributed by atoms with E-state index in [1.54, 1.807) is 18.2 Å². The van der Waals surface area contributed by atoms with Crippen molar-refractivity contribution in [3.63, 3.8) is 0 Å². The van der Waals surface area contributed by atoms with Crippen molar-refractivity contribution in [3.05, 3.63) is 29.3 Å². The predicted molar refractivity (Wildman–Crippen MR) is 67.5 cm³/mol. The zero-order valence-corrected chi connectivity index (χ0v) is 11.0. The Morgan fingerprint density at radius 1 is 1.44 bits per heavy atom. The molecule has 1 aliphatic heterocycles. The van der Waals surface area contributed by atoms with E-state index in [1.807, 2.05) is 6.92 Å². The van der Waals surface area contributed by atoms with Gasteiger partial charge >= 0.3 is 5.97 Å². The first-order chi connectivity index (χ1) is 8.45. The fraction of sp³-hybridized carbons (Fsp3) is 0.462. The summed E-state index contributed by atoms with van der Waals surface area (Å²) in [5.41, 5.74) is 1.46. The first-order valence-corrected chi connectivity index (χ1v) is 7.69. The number of aryl methyl sites for hydroxylation is 1. The maximum atomic E-state index is 11.8. The molecule has 0 spiro atoms. The van der Waals surface area contributed by atoms with Crippen LogP contribution < -0.4 is 0 Å². The van der Waals surface area contributed by atoms with Crippen LogP contribution in [0.1, 0.15) is 36.8 Å². The fourth-order valence-electron chi connectivity index (χ4n) is 2.43. The first kappa shape index (κ1) is 13.1. The van der Waals surface area contributed by atoms with Crippen LogP contribution in [0.2, 0.25) is 0 Å². The molecule has 0 aliphatic carbocycles. The molecule has 0 radical (unpaired) electrons. The first-order valence-electron chi connectivity index (χ1n) is 6.04. The highest BCUT2D eigenvalue weighted by Crippen LogP contribution is 2.29. The van der Waals surface area contributed by atoms with Crippen molar-refractivity contribution in [2.45, 2.75) is 37.0 Å². The maximum absolute atomic E-state index is 11.8. The van der Waals surface area contributed by atoms with Crippen molar-refractivity contribution in [1.29, 1.82) is 0 Å². The molecule has 0 saturated carbocycles. The molecule has 4 nitrogen and oxygen atoms in total. The summed E-state index contributed by atoms with van der Waals surface area (Å²) in [4.78, 5) is 11.5. The lowest BCUT2D eigenvalue weighted by Crippen LogP contribution is -2.17. The summed E-state index contributed by atoms with van der Waals surface area (Å²) in [6.45, 7) is 1.81. The molecule has 1 N–H and O–H groups in total. The van der Waals surface area contributed by atoms with E-state index >= 15 is 0 Å². The van der Waals surface area contributed by atoms with E-state index in [2.05, 4.69) is 0 Å². The van der Waals surface area contributed by atoms with Gasteiger partial charge in [0.15, 0.2) is 9.84 Å². The fourth-order valence-corrected chi connectivity index (χ4v) is 4.01. The van der Waals surface area contributed by atoms with Gasteiger partial charge in [0.2, 0.25) is 0 Å². The number of rotatable bonds is 3. The third-order valence-corrected chi connectivity index (χ3v) is 5.28. The number of carboxylic acid groups (broad SMARTS) is 1. The number of hydrogen-bond donors (Lipinski definition) is 1. The van der Waals surface area contributed by atoms with Crippen LogP contribution in [0.25, 0.3) is 0 Å². The molecule has 1 unspecified atom stereocenters. The van der Waals surface area contributed by atoms with Crippen LogP contribution in [0.4, 0.5) is 0 Å². The van der Waals surface area contributed by atoms with Crippen LogP contribution in [-0.4, -0.2) is 25.2 Å². The van der Waals surface area contributed by atoms with Crippen LogP contribution in [-0.2, 0) is 21.1 Å². The summed E-state index contributed by atoms with van der Waals surface area (Å²) >= 11 is 0. The van der Waals surface area contributed by atoms with E-state index in [0.29, 0.717) is 29.7 Å². The number of hydrogen-bond acceptors (Lipinski definition) is 3.